The van der Waals surface area contributed by atoms with E-state index >= 15 is 0 Å². The molecule has 0 aliphatic carbocycles. The van der Waals surface area contributed by atoms with Gasteiger partial charge in [-0.1, -0.05) is 162 Å². The summed E-state index contributed by atoms with van der Waals surface area (Å²) in [6.07, 6.45) is 8.90. The Kier molecular flexibility index (Phi) is 50.9. The fourth-order valence-electron chi connectivity index (χ4n) is 13.1. The molecule has 2 N–H and O–H groups in total. The van der Waals surface area contributed by atoms with Crippen LogP contribution in [0.1, 0.15) is 344 Å². The molecule has 1 aliphatic rings. The van der Waals surface area contributed by atoms with E-state index in [9.17, 15) is 32.3 Å². The van der Waals surface area contributed by atoms with Crippen molar-refractivity contribution in [3.05, 3.63) is 145 Å². The van der Waals surface area contributed by atoms with Crippen LogP contribution in [0.2, 0.25) is 36.3 Å². The molecule has 0 radical (unpaired) electrons. The number of benzene rings is 2. The number of aliphatic hydroxyl groups is 2. The number of hydrogen-bond acceptors (Lipinski definition) is 15. The van der Waals surface area contributed by atoms with E-state index in [1.807, 2.05) is 85.2 Å². The first-order valence-corrected chi connectivity index (χ1v) is 53.5. The van der Waals surface area contributed by atoms with E-state index in [0.717, 1.165) is 71.1 Å². The van der Waals surface area contributed by atoms with Gasteiger partial charge in [0.2, 0.25) is 0 Å². The number of alkyl halides is 3. The Morgan fingerprint density at radius 2 is 1.24 bits per heavy atom. The van der Waals surface area contributed by atoms with Gasteiger partial charge in [-0.05, 0) is 185 Å². The molecular formula is C102H172F3MoN3O10S2Si2. The molecule has 0 fully saturated rings. The Bertz CT molecular complexity index is 4030. The Morgan fingerprint density at radius 1 is 0.756 bits per heavy atom. The van der Waals surface area contributed by atoms with Crippen molar-refractivity contribution in [2.45, 2.75) is 403 Å². The molecule has 123 heavy (non-hydrogen) atoms. The van der Waals surface area contributed by atoms with Crippen molar-refractivity contribution in [3.63, 3.8) is 0 Å². The van der Waals surface area contributed by atoms with E-state index < -0.39 is 87.2 Å². The number of thiazole rings is 2. The number of aryl methyl sites for hydroxylation is 2. The molecule has 2 aromatic carbocycles. The van der Waals surface area contributed by atoms with Gasteiger partial charge in [-0.3, -0.25) is 19.2 Å². The number of nitrogens with zero attached hydrogens (tertiary/aromatic N) is 3. The van der Waals surface area contributed by atoms with Crippen molar-refractivity contribution in [2.75, 3.05) is 0 Å². The van der Waals surface area contributed by atoms with Crippen molar-refractivity contribution in [3.8, 4) is 0 Å². The van der Waals surface area contributed by atoms with Crippen molar-refractivity contribution in [2.24, 2.45) is 49.8 Å². The molecule has 13 nitrogen and oxygen atoms in total. The monoisotopic (exact) mass is 1870 g/mol. The second-order valence-electron chi connectivity index (χ2n) is 41.2. The zero-order chi connectivity index (χ0) is 93.9. The number of cyclic esters (lactones) is 1. The number of ether oxygens (including phenoxy) is 2. The topological polar surface area (TPSA) is 184 Å². The van der Waals surface area contributed by atoms with Crippen LogP contribution in [-0.2, 0) is 60.8 Å². The van der Waals surface area contributed by atoms with Gasteiger partial charge in [0.25, 0.3) is 0 Å². The number of Topliss-reactive ketones (excluding diaryl/α,β-unsaturated/α-hetero) is 2. The van der Waals surface area contributed by atoms with Crippen molar-refractivity contribution >= 4 is 85.1 Å². The maximum absolute atomic E-state index is 14.2. The van der Waals surface area contributed by atoms with Gasteiger partial charge in [-0.25, -0.2) is 9.97 Å². The minimum absolute atomic E-state index is 0. The fraction of sp³-hybridized carbons (Fsp3) is 0.676. The summed E-state index contributed by atoms with van der Waals surface area (Å²) >= 11 is 2.64. The predicted molar refractivity (Wildman–Crippen MR) is 522 cm³/mol. The summed E-state index contributed by atoms with van der Waals surface area (Å²) in [5, 5.41) is 22.6. The van der Waals surface area contributed by atoms with Gasteiger partial charge in [-0.15, -0.1) is 35.8 Å². The number of esters is 2. The number of allylic oxidation sites excluding steroid dienone is 2. The number of carbonyl (C=O) groups is 4. The summed E-state index contributed by atoms with van der Waals surface area (Å²) in [6.45, 7) is 83.0. The van der Waals surface area contributed by atoms with Crippen LogP contribution < -0.4 is 0 Å². The molecule has 5 rings (SSSR count). The molecule has 0 amide bonds. The zero-order valence-electron chi connectivity index (χ0n) is 81.9. The van der Waals surface area contributed by atoms with Crippen molar-refractivity contribution in [1.82, 2.24) is 9.97 Å². The van der Waals surface area contributed by atoms with Crippen molar-refractivity contribution < 1.29 is 78.8 Å². The van der Waals surface area contributed by atoms with Crippen LogP contribution in [0, 0.1) is 60.2 Å². The summed E-state index contributed by atoms with van der Waals surface area (Å²) in [4.78, 5) is 64.8. The molecule has 702 valence electrons. The molecule has 0 bridgehead atoms. The van der Waals surface area contributed by atoms with Gasteiger partial charge in [0.15, 0.2) is 22.2 Å². The third-order valence-electron chi connectivity index (χ3n) is 24.5. The quantitative estimate of drug-likeness (QED) is 0.0328. The van der Waals surface area contributed by atoms with Crippen LogP contribution in [0.5, 0.6) is 0 Å². The average Bonchev–Trinajstić information content (AvgIpc) is 1.12. The molecule has 21 heteroatoms. The standard InChI is InChI=1S/C36H61NO4SSi.C34H57NO4SSi.C12H17N.C10H12.C4H7F3O.C4H10O.2CH4.Mo/c1-16-18-31(26(5)21-30-23-42-29(8)37-30)40-33(38)22-32(41-43(14,15)35(9,10)11)36(12,13)34(39)28(7)27(6)25(4)20-17-19-24(2)3;1-22-15-14-16-23(2)25(4)26(5)32(37)34(10,11)30(39-41(12,13)33(7,8)9)20-31(36)38-29(18-17-22)24(3)19-28-21-40-27(6)35-28;1-8(2)10-6-5-7-11(9(3)4)12(10)13;1-10(2,3)9-7-5-4-6-8-9;1-3(2,8)4(5,6)7;1-4(2,3)5;;;/h16,21,23,25,27-28,31-32H,1-2,17-20,22H2,3-15H3;17,19,21,23,25-26,29-30H,14-16,18,20H2,1-13H3;5-9H,1-4H3;1,4-8H,2-3H3;8H,1-2H3;5H,1-3H3;2*1H4;/b26-21+;22-17-,24-19+;;;;;;;/t25-,27-,28+,31-,32-;23?,25-,26+,29-,30-;;;;;;;/m00......./s1. The molecule has 0 saturated carbocycles. The summed E-state index contributed by atoms with van der Waals surface area (Å²) in [6, 6.07) is 17.4. The Labute approximate surface area is 766 Å². The molecule has 0 saturated heterocycles. The van der Waals surface area contributed by atoms with Crippen LogP contribution in [0.25, 0.3) is 12.2 Å². The second kappa shape index (κ2) is 52.1. The predicted octanol–water partition coefficient (Wildman–Crippen LogP) is 29.9. The molecule has 1 aliphatic heterocycles. The summed E-state index contributed by atoms with van der Waals surface area (Å²) in [5.74, 6) is 1.61. The van der Waals surface area contributed by atoms with Crippen LogP contribution in [0.4, 0.5) is 18.9 Å². The van der Waals surface area contributed by atoms with E-state index in [0.29, 0.717) is 50.4 Å². The van der Waals surface area contributed by atoms with Crippen molar-refractivity contribution in [1.29, 1.82) is 0 Å². The summed E-state index contributed by atoms with van der Waals surface area (Å²) < 4.78 is 67.6. The van der Waals surface area contributed by atoms with E-state index in [2.05, 4.69) is 240 Å². The molecular weight excluding hydrogens is 1700 g/mol. The maximum atomic E-state index is 14.2. The summed E-state index contributed by atoms with van der Waals surface area (Å²) in [7, 11) is -4.63. The Hall–Kier alpha value is -4.90. The second-order valence-corrected chi connectivity index (χ2v) is 54.3. The molecule has 3 heterocycles. The van der Waals surface area contributed by atoms with E-state index in [1.165, 1.54) is 33.5 Å². The number of halogens is 3. The normalized spacial score (nSPS) is 19.3. The third kappa shape index (κ3) is 41.6. The van der Waals surface area contributed by atoms with Gasteiger partial charge >= 0.3 is 174 Å². The molecule has 10 atom stereocenters. The average molecular weight is 1870 g/mol. The first-order valence-electron chi connectivity index (χ1n) is 43.8. The number of aromatic nitrogens is 2. The van der Waals surface area contributed by atoms with Gasteiger partial charge in [0.05, 0.1) is 52.1 Å². The molecule has 4 aromatic rings. The van der Waals surface area contributed by atoms with Gasteiger partial charge in [0.1, 0.15) is 23.8 Å². The van der Waals surface area contributed by atoms with Gasteiger partial charge < -0.3 is 28.5 Å². The SMILES string of the molecule is C.C.C/C1=C/C[C@@H](/C(C)=C/c2csc(C)n2)OC(=O)C[C@H](O[Si](C)(C)C(C)(C)C)C(C)(C)C(=O)[C@H](C)[C@@H](C)C(C)CCC1.C=CC[C@H](OC(=O)C[C@H](O[Si](C)(C)C(C)(C)C)C(C)(C)C(=O)[C@H](C)[C@@H](C)[C@@H](C)CCCC(=C)C)/C(C)=C/c1csc(C)n1.CC(C)(C)O.CC(C)(O)C(F)(F)F.CC(C)c1cccc(C(C)C)c1[N]=[Mo]=[CH]C(C)(C)c1ccccc1. The molecule has 0 spiro atoms. The van der Waals surface area contributed by atoms with E-state index in [4.69, 9.17) is 32.0 Å². The number of rotatable bonds is 27. The first kappa shape index (κ1) is 120. The van der Waals surface area contributed by atoms with E-state index in [-0.39, 0.29) is 90.4 Å². The van der Waals surface area contributed by atoms with Gasteiger partial charge in [-0.2, -0.15) is 13.2 Å². The molecule has 2 aromatic heterocycles. The van der Waals surface area contributed by atoms with Gasteiger partial charge in [0, 0.05) is 46.3 Å². The minimum atomic E-state index is -4.51. The third-order valence-corrected chi connectivity index (χ3v) is 37.4. The van der Waals surface area contributed by atoms with Crippen LogP contribution in [-0.4, -0.2) is 107 Å². The van der Waals surface area contributed by atoms with Crippen LogP contribution >= 0.6 is 22.7 Å². The Balaban J connectivity index is 0. The van der Waals surface area contributed by atoms with Crippen LogP contribution in [0.3, 0.4) is 0 Å². The Morgan fingerprint density at radius 3 is 1.68 bits per heavy atom. The molecule has 1 unspecified atom stereocenters. The number of carbonyl (C=O) groups excluding carboxylic acids is 4. The van der Waals surface area contributed by atoms with Crippen LogP contribution in [0.15, 0.2) is 110 Å². The number of hydrogen-bond donors (Lipinski definition) is 2. The number of ketones is 2. The fourth-order valence-corrected chi connectivity index (χ4v) is 19.0. The van der Waals surface area contributed by atoms with E-state index in [1.54, 1.807) is 49.5 Å². The summed E-state index contributed by atoms with van der Waals surface area (Å²) in [5.41, 5.74) is 6.80. The zero-order valence-corrected chi connectivity index (χ0v) is 87.6. The first-order chi connectivity index (χ1) is 55.0.